The lowest BCUT2D eigenvalue weighted by atomic mass is 10.1. The van der Waals surface area contributed by atoms with E-state index in [-0.39, 0.29) is 0 Å². The molecule has 13 heavy (non-hydrogen) atoms. The molecular weight excluding hydrogens is 164 g/mol. The lowest BCUT2D eigenvalue weighted by Gasteiger charge is -2.20. The number of nitrogens with zero attached hydrogens (tertiary/aromatic N) is 1. The van der Waals surface area contributed by atoms with Gasteiger partial charge in [0.15, 0.2) is 0 Å². The Morgan fingerprint density at radius 2 is 2.38 bits per heavy atom. The molecule has 0 aromatic rings. The molecule has 2 heterocycles. The fourth-order valence-electron chi connectivity index (χ4n) is 1.95. The third-order valence-corrected chi connectivity index (χ3v) is 2.85. The van der Waals surface area contributed by atoms with Gasteiger partial charge in [-0.05, 0) is 26.2 Å². The Kier molecular flexibility index (Phi) is 2.83. The summed E-state index contributed by atoms with van der Waals surface area (Å²) in [5.74, 6) is 1.20. The Hall–Kier alpha value is -0.570. The Bertz CT molecular complexity index is 203. The van der Waals surface area contributed by atoms with Crippen LogP contribution in [0.2, 0.25) is 0 Å². The Balaban J connectivity index is 1.85. The largest absolute Gasteiger partial charge is 0.376 e. The van der Waals surface area contributed by atoms with Gasteiger partial charge in [0.25, 0.3) is 0 Å². The number of nitrogens with one attached hydrogen (secondary N) is 1. The molecule has 1 N–H and O–H groups in total. The van der Waals surface area contributed by atoms with Gasteiger partial charge in [-0.2, -0.15) is 0 Å². The van der Waals surface area contributed by atoms with Crippen molar-refractivity contribution in [2.24, 2.45) is 4.99 Å². The van der Waals surface area contributed by atoms with Crippen molar-refractivity contribution in [1.82, 2.24) is 5.32 Å². The third-order valence-electron chi connectivity index (χ3n) is 2.85. The highest BCUT2D eigenvalue weighted by atomic mass is 16.5. The van der Waals surface area contributed by atoms with Crippen molar-refractivity contribution in [1.29, 1.82) is 0 Å². The minimum atomic E-state index is 0.352. The van der Waals surface area contributed by atoms with E-state index in [0.717, 1.165) is 26.0 Å². The molecule has 2 aliphatic heterocycles. The molecule has 0 aromatic heterocycles. The van der Waals surface area contributed by atoms with Crippen LogP contribution in [0.4, 0.5) is 0 Å². The summed E-state index contributed by atoms with van der Waals surface area (Å²) < 4.78 is 5.49. The molecule has 2 atom stereocenters. The Labute approximate surface area is 79.6 Å². The van der Waals surface area contributed by atoms with Gasteiger partial charge >= 0.3 is 0 Å². The van der Waals surface area contributed by atoms with Crippen LogP contribution in [0.1, 0.15) is 32.6 Å². The average Bonchev–Trinajstić information content (AvgIpc) is 2.54. The van der Waals surface area contributed by atoms with Gasteiger partial charge < -0.3 is 10.1 Å². The predicted molar refractivity (Wildman–Crippen MR) is 53.1 cm³/mol. The molecule has 0 saturated carbocycles. The van der Waals surface area contributed by atoms with E-state index in [1.54, 1.807) is 0 Å². The van der Waals surface area contributed by atoms with Crippen molar-refractivity contribution in [3.63, 3.8) is 0 Å². The quantitative estimate of drug-likeness (QED) is 0.664. The average molecular weight is 182 g/mol. The fraction of sp³-hybridized carbons (Fsp3) is 0.900. The molecular formula is C10H18N2O. The van der Waals surface area contributed by atoms with Gasteiger partial charge in [0.1, 0.15) is 0 Å². The second kappa shape index (κ2) is 4.09. The number of ether oxygens (including phenoxy) is 1. The first-order valence-electron chi connectivity index (χ1n) is 5.28. The van der Waals surface area contributed by atoms with Crippen molar-refractivity contribution in [3.8, 4) is 0 Å². The number of hydrogen-bond donors (Lipinski definition) is 1. The zero-order valence-electron chi connectivity index (χ0n) is 8.25. The molecule has 0 aromatic carbocycles. The van der Waals surface area contributed by atoms with Crippen LogP contribution in [0.5, 0.6) is 0 Å². The minimum Gasteiger partial charge on any atom is -0.376 e. The van der Waals surface area contributed by atoms with Crippen molar-refractivity contribution in [2.75, 3.05) is 13.2 Å². The van der Waals surface area contributed by atoms with Gasteiger partial charge in [-0.1, -0.05) is 0 Å². The van der Waals surface area contributed by atoms with Gasteiger partial charge in [0, 0.05) is 19.6 Å². The van der Waals surface area contributed by atoms with E-state index in [0.29, 0.717) is 12.1 Å². The van der Waals surface area contributed by atoms with E-state index in [1.165, 1.54) is 18.7 Å². The molecule has 2 rings (SSSR count). The van der Waals surface area contributed by atoms with E-state index >= 15 is 0 Å². The molecule has 3 heteroatoms. The SMILES string of the molecule is CC1OCCC1NC1=NCCCC1. The fourth-order valence-corrected chi connectivity index (χ4v) is 1.95. The van der Waals surface area contributed by atoms with E-state index in [1.807, 2.05) is 0 Å². The van der Waals surface area contributed by atoms with Gasteiger partial charge in [-0.15, -0.1) is 0 Å². The van der Waals surface area contributed by atoms with Gasteiger partial charge in [-0.3, -0.25) is 4.99 Å². The minimum absolute atomic E-state index is 0.352. The normalized spacial score (nSPS) is 34.4. The zero-order valence-corrected chi connectivity index (χ0v) is 8.25. The van der Waals surface area contributed by atoms with Gasteiger partial charge in [0.2, 0.25) is 0 Å². The number of hydrogen-bond acceptors (Lipinski definition) is 3. The van der Waals surface area contributed by atoms with E-state index in [9.17, 15) is 0 Å². The van der Waals surface area contributed by atoms with Crippen LogP contribution < -0.4 is 5.32 Å². The highest BCUT2D eigenvalue weighted by molar-refractivity contribution is 5.83. The highest BCUT2D eigenvalue weighted by Gasteiger charge is 2.24. The first-order chi connectivity index (χ1) is 6.36. The summed E-state index contributed by atoms with van der Waals surface area (Å²) in [6, 6.07) is 0.497. The van der Waals surface area contributed by atoms with Crippen LogP contribution in [-0.2, 0) is 4.74 Å². The van der Waals surface area contributed by atoms with Gasteiger partial charge in [-0.25, -0.2) is 0 Å². The summed E-state index contributed by atoms with van der Waals surface area (Å²) >= 11 is 0. The summed E-state index contributed by atoms with van der Waals surface area (Å²) in [7, 11) is 0. The summed E-state index contributed by atoms with van der Waals surface area (Å²) in [4.78, 5) is 4.48. The maximum absolute atomic E-state index is 5.49. The molecule has 0 radical (unpaired) electrons. The molecule has 3 nitrogen and oxygen atoms in total. The van der Waals surface area contributed by atoms with E-state index in [4.69, 9.17) is 4.74 Å². The standard InChI is InChI=1S/C10H18N2O/c1-8-9(5-7-13-8)12-10-4-2-3-6-11-10/h8-9H,2-7H2,1H3,(H,11,12). The monoisotopic (exact) mass is 182 g/mol. The first kappa shape index (κ1) is 9.00. The van der Waals surface area contributed by atoms with Crippen LogP contribution in [0.15, 0.2) is 4.99 Å². The second-order valence-corrected chi connectivity index (χ2v) is 3.90. The van der Waals surface area contributed by atoms with Crippen LogP contribution in [0, 0.1) is 0 Å². The van der Waals surface area contributed by atoms with E-state index in [2.05, 4.69) is 17.2 Å². The van der Waals surface area contributed by atoms with Crippen LogP contribution in [-0.4, -0.2) is 31.1 Å². The molecule has 1 fully saturated rings. The molecule has 2 aliphatic rings. The second-order valence-electron chi connectivity index (χ2n) is 3.90. The number of aliphatic imine (C=N–C) groups is 1. The van der Waals surface area contributed by atoms with Gasteiger partial charge in [0.05, 0.1) is 18.0 Å². The molecule has 1 saturated heterocycles. The van der Waals surface area contributed by atoms with Crippen molar-refractivity contribution < 1.29 is 4.74 Å². The number of rotatable bonds is 1. The maximum atomic E-state index is 5.49. The lowest BCUT2D eigenvalue weighted by Crippen LogP contribution is -2.40. The summed E-state index contributed by atoms with van der Waals surface area (Å²) in [5.41, 5.74) is 0. The lowest BCUT2D eigenvalue weighted by molar-refractivity contribution is 0.116. The van der Waals surface area contributed by atoms with Crippen molar-refractivity contribution in [2.45, 2.75) is 44.8 Å². The number of amidine groups is 1. The Morgan fingerprint density at radius 3 is 3.00 bits per heavy atom. The zero-order chi connectivity index (χ0) is 9.10. The summed E-state index contributed by atoms with van der Waals surface area (Å²) in [6.45, 7) is 4.03. The maximum Gasteiger partial charge on any atom is 0.0966 e. The van der Waals surface area contributed by atoms with Crippen molar-refractivity contribution in [3.05, 3.63) is 0 Å². The Morgan fingerprint density at radius 1 is 1.46 bits per heavy atom. The van der Waals surface area contributed by atoms with E-state index < -0.39 is 0 Å². The smallest absolute Gasteiger partial charge is 0.0966 e. The molecule has 74 valence electrons. The molecule has 2 unspecified atom stereocenters. The molecule has 0 amide bonds. The third kappa shape index (κ3) is 2.21. The topological polar surface area (TPSA) is 33.6 Å². The first-order valence-corrected chi connectivity index (χ1v) is 5.28. The van der Waals surface area contributed by atoms with Crippen LogP contribution in [0.3, 0.4) is 0 Å². The summed E-state index contributed by atoms with van der Waals surface area (Å²) in [6.07, 6.45) is 5.14. The van der Waals surface area contributed by atoms with Crippen molar-refractivity contribution >= 4 is 5.84 Å². The van der Waals surface area contributed by atoms with Crippen LogP contribution >= 0.6 is 0 Å². The molecule has 0 bridgehead atoms. The molecule has 0 aliphatic carbocycles. The van der Waals surface area contributed by atoms with Crippen LogP contribution in [0.25, 0.3) is 0 Å². The summed E-state index contributed by atoms with van der Waals surface area (Å²) in [5, 5.41) is 3.49. The highest BCUT2D eigenvalue weighted by Crippen LogP contribution is 2.14. The molecule has 0 spiro atoms. The predicted octanol–water partition coefficient (Wildman–Crippen LogP) is 1.34.